The van der Waals surface area contributed by atoms with Crippen LogP contribution >= 0.6 is 0 Å². The summed E-state index contributed by atoms with van der Waals surface area (Å²) in [6.07, 6.45) is 1.37. The van der Waals surface area contributed by atoms with Gasteiger partial charge in [-0.3, -0.25) is 4.79 Å². The van der Waals surface area contributed by atoms with Gasteiger partial charge < -0.3 is 0 Å². The summed E-state index contributed by atoms with van der Waals surface area (Å²) in [7, 11) is 0. The molecule has 18 heavy (non-hydrogen) atoms. The number of nitrogens with zero attached hydrogens (tertiary/aromatic N) is 2. The number of carbonyl (C=O) groups excluding carboxylic acids is 1. The van der Waals surface area contributed by atoms with E-state index in [4.69, 9.17) is 5.26 Å². The molecule has 0 aliphatic rings. The van der Waals surface area contributed by atoms with E-state index in [2.05, 4.69) is 10.5 Å². The third-order valence-electron chi connectivity index (χ3n) is 2.42. The van der Waals surface area contributed by atoms with E-state index in [-0.39, 0.29) is 6.42 Å². The van der Waals surface area contributed by atoms with E-state index in [1.54, 1.807) is 12.3 Å². The highest BCUT2D eigenvalue weighted by molar-refractivity contribution is 5.90. The average Bonchev–Trinajstić information content (AvgIpc) is 2.39. The number of hydrogen-bond donors (Lipinski definition) is 1. The number of benzene rings is 2. The summed E-state index contributed by atoms with van der Waals surface area (Å²) in [6.45, 7) is 0. The van der Waals surface area contributed by atoms with E-state index in [0.29, 0.717) is 0 Å². The lowest BCUT2D eigenvalue weighted by molar-refractivity contribution is -0.120. The molecule has 2 aromatic carbocycles. The zero-order chi connectivity index (χ0) is 12.8. The van der Waals surface area contributed by atoms with Crippen LogP contribution in [0, 0.1) is 11.3 Å². The summed E-state index contributed by atoms with van der Waals surface area (Å²) >= 11 is 0. The second-order valence-corrected chi connectivity index (χ2v) is 3.73. The van der Waals surface area contributed by atoms with E-state index in [9.17, 15) is 4.79 Å². The first-order valence-corrected chi connectivity index (χ1v) is 5.47. The molecule has 0 fully saturated rings. The molecule has 0 saturated carbocycles. The van der Waals surface area contributed by atoms with E-state index in [1.807, 2.05) is 42.5 Å². The lowest BCUT2D eigenvalue weighted by atomic mass is 10.1. The highest BCUT2D eigenvalue weighted by atomic mass is 16.2. The third-order valence-corrected chi connectivity index (χ3v) is 2.42. The van der Waals surface area contributed by atoms with Gasteiger partial charge >= 0.3 is 0 Å². The van der Waals surface area contributed by atoms with Crippen molar-refractivity contribution in [1.82, 2.24) is 5.43 Å². The monoisotopic (exact) mass is 237 g/mol. The second kappa shape index (κ2) is 5.60. The fourth-order valence-electron chi connectivity index (χ4n) is 1.58. The van der Waals surface area contributed by atoms with E-state index in [1.165, 1.54) is 0 Å². The molecule has 0 atom stereocenters. The minimum atomic E-state index is -0.408. The molecule has 0 aliphatic carbocycles. The number of carbonyl (C=O) groups is 1. The number of amides is 1. The Morgan fingerprint density at radius 1 is 1.28 bits per heavy atom. The fraction of sp³-hybridized carbons (Fsp3) is 0.0714. The van der Waals surface area contributed by atoms with Gasteiger partial charge in [-0.15, -0.1) is 0 Å². The van der Waals surface area contributed by atoms with Crippen LogP contribution in [0.4, 0.5) is 0 Å². The molecule has 2 aromatic rings. The van der Waals surface area contributed by atoms with E-state index >= 15 is 0 Å². The number of fused-ring (bicyclic) bond motifs is 1. The van der Waals surface area contributed by atoms with Crippen molar-refractivity contribution in [3.63, 3.8) is 0 Å². The Labute approximate surface area is 105 Å². The predicted molar refractivity (Wildman–Crippen MR) is 69.9 cm³/mol. The zero-order valence-corrected chi connectivity index (χ0v) is 9.63. The van der Waals surface area contributed by atoms with E-state index in [0.717, 1.165) is 16.3 Å². The number of nitrogens with one attached hydrogen (secondary N) is 1. The molecule has 0 saturated heterocycles. The minimum Gasteiger partial charge on any atom is -0.272 e. The molecule has 0 unspecified atom stereocenters. The maximum Gasteiger partial charge on any atom is 0.254 e. The van der Waals surface area contributed by atoms with Crippen molar-refractivity contribution in [2.75, 3.05) is 0 Å². The van der Waals surface area contributed by atoms with Gasteiger partial charge in [0.25, 0.3) is 5.91 Å². The smallest absolute Gasteiger partial charge is 0.254 e. The van der Waals surface area contributed by atoms with Gasteiger partial charge in [0, 0.05) is 0 Å². The summed E-state index contributed by atoms with van der Waals surface area (Å²) in [5, 5.41) is 14.4. The standard InChI is InChI=1S/C14H11N3O/c15-8-7-14(18)17-16-10-11-5-6-12-3-1-2-4-13(12)9-11/h1-6,9-10H,7H2,(H,17,18)/b16-10+. The van der Waals surface area contributed by atoms with Crippen molar-refractivity contribution < 1.29 is 4.79 Å². The van der Waals surface area contributed by atoms with Crippen molar-refractivity contribution in [1.29, 1.82) is 5.26 Å². The van der Waals surface area contributed by atoms with Crippen molar-refractivity contribution >= 4 is 22.9 Å². The van der Waals surface area contributed by atoms with Gasteiger partial charge in [-0.2, -0.15) is 10.4 Å². The predicted octanol–water partition coefficient (Wildman–Crippen LogP) is 2.20. The molecule has 1 amide bonds. The van der Waals surface area contributed by atoms with Gasteiger partial charge in [0.2, 0.25) is 0 Å². The number of hydrogen-bond acceptors (Lipinski definition) is 3. The first kappa shape index (κ1) is 11.8. The first-order valence-electron chi connectivity index (χ1n) is 5.47. The molecule has 0 radical (unpaired) electrons. The molecular weight excluding hydrogens is 226 g/mol. The molecule has 0 heterocycles. The van der Waals surface area contributed by atoms with Crippen LogP contribution < -0.4 is 5.43 Å². The van der Waals surface area contributed by atoms with Crippen LogP contribution in [0.25, 0.3) is 10.8 Å². The zero-order valence-electron chi connectivity index (χ0n) is 9.63. The second-order valence-electron chi connectivity index (χ2n) is 3.73. The summed E-state index contributed by atoms with van der Waals surface area (Å²) in [5.74, 6) is -0.408. The highest BCUT2D eigenvalue weighted by Crippen LogP contribution is 2.14. The maximum atomic E-state index is 11.0. The Bertz CT molecular complexity index is 641. The van der Waals surface area contributed by atoms with Crippen molar-refractivity contribution in [2.45, 2.75) is 6.42 Å². The summed E-state index contributed by atoms with van der Waals surface area (Å²) in [5.41, 5.74) is 3.18. The van der Waals surface area contributed by atoms with Gasteiger partial charge in [0.1, 0.15) is 6.42 Å². The molecule has 0 bridgehead atoms. The molecule has 0 aromatic heterocycles. The van der Waals surface area contributed by atoms with Crippen LogP contribution in [0.2, 0.25) is 0 Å². The van der Waals surface area contributed by atoms with Crippen LogP contribution in [0.3, 0.4) is 0 Å². The Hall–Kier alpha value is -2.67. The Morgan fingerprint density at radius 2 is 2.06 bits per heavy atom. The van der Waals surface area contributed by atoms with Gasteiger partial charge in [-0.25, -0.2) is 5.43 Å². The van der Waals surface area contributed by atoms with Crippen LogP contribution in [0.1, 0.15) is 12.0 Å². The number of nitriles is 1. The molecular formula is C14H11N3O. The first-order chi connectivity index (χ1) is 8.79. The molecule has 4 heteroatoms. The van der Waals surface area contributed by atoms with Crippen LogP contribution in [0.5, 0.6) is 0 Å². The van der Waals surface area contributed by atoms with Crippen molar-refractivity contribution in [3.8, 4) is 6.07 Å². The van der Waals surface area contributed by atoms with Crippen LogP contribution in [-0.4, -0.2) is 12.1 Å². The molecule has 0 aliphatic heterocycles. The lowest BCUT2D eigenvalue weighted by Crippen LogP contribution is -2.16. The Morgan fingerprint density at radius 3 is 2.83 bits per heavy atom. The van der Waals surface area contributed by atoms with Crippen LogP contribution in [-0.2, 0) is 4.79 Å². The van der Waals surface area contributed by atoms with Gasteiger partial charge in [0.05, 0.1) is 12.3 Å². The van der Waals surface area contributed by atoms with Gasteiger partial charge in [-0.05, 0) is 22.4 Å². The van der Waals surface area contributed by atoms with E-state index < -0.39 is 5.91 Å². The minimum absolute atomic E-state index is 0.185. The lowest BCUT2D eigenvalue weighted by Gasteiger charge is -1.99. The normalized spacial score (nSPS) is 10.4. The quantitative estimate of drug-likeness (QED) is 0.657. The topological polar surface area (TPSA) is 65.2 Å². The Balaban J connectivity index is 2.10. The summed E-state index contributed by atoms with van der Waals surface area (Å²) in [6, 6.07) is 15.7. The van der Waals surface area contributed by atoms with Crippen molar-refractivity contribution in [3.05, 3.63) is 48.0 Å². The number of rotatable bonds is 3. The molecule has 1 N–H and O–H groups in total. The largest absolute Gasteiger partial charge is 0.272 e. The van der Waals surface area contributed by atoms with Gasteiger partial charge in [-0.1, -0.05) is 36.4 Å². The molecule has 4 nitrogen and oxygen atoms in total. The Kier molecular flexibility index (Phi) is 3.67. The highest BCUT2D eigenvalue weighted by Gasteiger charge is 1.96. The fourth-order valence-corrected chi connectivity index (χ4v) is 1.58. The van der Waals surface area contributed by atoms with Gasteiger partial charge in [0.15, 0.2) is 0 Å². The average molecular weight is 237 g/mol. The van der Waals surface area contributed by atoms with Crippen LogP contribution in [0.15, 0.2) is 47.6 Å². The van der Waals surface area contributed by atoms with Crippen molar-refractivity contribution in [2.24, 2.45) is 5.10 Å². The molecule has 0 spiro atoms. The molecule has 88 valence electrons. The molecule has 2 rings (SSSR count). The summed E-state index contributed by atoms with van der Waals surface area (Å²) < 4.78 is 0. The maximum absolute atomic E-state index is 11.0. The number of hydrazone groups is 1. The SMILES string of the molecule is N#CCC(=O)N/N=C/c1ccc2ccccc2c1. The third kappa shape index (κ3) is 2.92. The summed E-state index contributed by atoms with van der Waals surface area (Å²) in [4.78, 5) is 11.0.